The van der Waals surface area contributed by atoms with Gasteiger partial charge in [-0.05, 0) is 25.0 Å². The van der Waals surface area contributed by atoms with Gasteiger partial charge < -0.3 is 10.0 Å². The molecule has 3 rings (SSSR count). The summed E-state index contributed by atoms with van der Waals surface area (Å²) < 4.78 is 27.6. The average molecular weight is 352 g/mol. The molecule has 1 aliphatic heterocycles. The summed E-state index contributed by atoms with van der Waals surface area (Å²) in [5, 5.41) is 10.6. The first-order valence-corrected chi connectivity index (χ1v) is 8.27. The van der Waals surface area contributed by atoms with Crippen molar-refractivity contribution >= 4 is 23.2 Å². The van der Waals surface area contributed by atoms with Crippen molar-refractivity contribution in [1.82, 2.24) is 9.88 Å². The van der Waals surface area contributed by atoms with Crippen molar-refractivity contribution in [3.05, 3.63) is 40.9 Å². The fourth-order valence-electron chi connectivity index (χ4n) is 2.71. The van der Waals surface area contributed by atoms with Crippen molar-refractivity contribution in [3.8, 4) is 10.6 Å². The standard InChI is InChI=1S/C16H14F2N2O3S/c17-10-4-1-5-11(18)13(10)14-19-12(8-24-14)15(21)20-6-2-3-9(7-20)16(22)23/h1,4-5,8-9H,2-3,6-7H2,(H,22,23). The fraction of sp³-hybridized carbons (Fsp3) is 0.312. The molecule has 1 unspecified atom stereocenters. The molecule has 1 amide bonds. The van der Waals surface area contributed by atoms with Gasteiger partial charge in [0, 0.05) is 18.5 Å². The Morgan fingerprint density at radius 3 is 2.67 bits per heavy atom. The van der Waals surface area contributed by atoms with E-state index in [0.717, 1.165) is 23.5 Å². The zero-order valence-corrected chi connectivity index (χ0v) is 13.4. The summed E-state index contributed by atoms with van der Waals surface area (Å²) in [6.07, 6.45) is 1.13. The maximum Gasteiger partial charge on any atom is 0.308 e. The lowest BCUT2D eigenvalue weighted by Crippen LogP contribution is -2.42. The fourth-order valence-corrected chi connectivity index (χ4v) is 3.55. The van der Waals surface area contributed by atoms with E-state index in [4.69, 9.17) is 5.11 Å². The van der Waals surface area contributed by atoms with Gasteiger partial charge in [0.15, 0.2) is 0 Å². The highest BCUT2D eigenvalue weighted by molar-refractivity contribution is 7.13. The molecule has 2 heterocycles. The second kappa shape index (κ2) is 6.64. The van der Waals surface area contributed by atoms with Crippen LogP contribution in [0.15, 0.2) is 23.6 Å². The molecule has 5 nitrogen and oxygen atoms in total. The number of nitrogens with zero attached hydrogens (tertiary/aromatic N) is 2. The van der Waals surface area contributed by atoms with Gasteiger partial charge in [-0.15, -0.1) is 11.3 Å². The molecule has 24 heavy (non-hydrogen) atoms. The molecule has 0 radical (unpaired) electrons. The number of carboxylic acid groups (broad SMARTS) is 1. The Balaban J connectivity index is 1.83. The van der Waals surface area contributed by atoms with E-state index in [9.17, 15) is 18.4 Å². The highest BCUT2D eigenvalue weighted by Crippen LogP contribution is 2.29. The monoisotopic (exact) mass is 352 g/mol. The number of carbonyl (C=O) groups excluding carboxylic acids is 1. The number of rotatable bonds is 3. The van der Waals surface area contributed by atoms with E-state index in [1.54, 1.807) is 0 Å². The number of hydrogen-bond donors (Lipinski definition) is 1. The average Bonchev–Trinajstić information content (AvgIpc) is 3.03. The molecule has 1 aromatic heterocycles. The summed E-state index contributed by atoms with van der Waals surface area (Å²) in [7, 11) is 0. The Kier molecular flexibility index (Phi) is 4.57. The number of piperidine rings is 1. The van der Waals surface area contributed by atoms with Crippen molar-refractivity contribution in [2.45, 2.75) is 12.8 Å². The lowest BCUT2D eigenvalue weighted by molar-refractivity contribution is -0.143. The van der Waals surface area contributed by atoms with Crippen LogP contribution in [-0.2, 0) is 4.79 Å². The number of benzene rings is 1. The summed E-state index contributed by atoms with van der Waals surface area (Å²) in [5.74, 6) is -3.43. The molecule has 1 saturated heterocycles. The van der Waals surface area contributed by atoms with Crippen molar-refractivity contribution in [2.75, 3.05) is 13.1 Å². The highest BCUT2D eigenvalue weighted by atomic mass is 32.1. The molecule has 1 fully saturated rings. The number of carbonyl (C=O) groups is 2. The Morgan fingerprint density at radius 2 is 2.00 bits per heavy atom. The van der Waals surface area contributed by atoms with E-state index in [1.807, 2.05) is 0 Å². The summed E-state index contributed by atoms with van der Waals surface area (Å²) in [5.41, 5.74) is -0.188. The molecule has 0 saturated carbocycles. The molecule has 1 aromatic carbocycles. The topological polar surface area (TPSA) is 70.5 Å². The number of likely N-dealkylation sites (tertiary alicyclic amines) is 1. The van der Waals surface area contributed by atoms with Gasteiger partial charge in [-0.25, -0.2) is 13.8 Å². The molecule has 8 heteroatoms. The van der Waals surface area contributed by atoms with Crippen LogP contribution in [0.2, 0.25) is 0 Å². The molecular weight excluding hydrogens is 338 g/mol. The molecule has 1 atom stereocenters. The van der Waals surface area contributed by atoms with Gasteiger partial charge in [-0.3, -0.25) is 9.59 Å². The van der Waals surface area contributed by atoms with Gasteiger partial charge in [0.1, 0.15) is 22.3 Å². The third-order valence-corrected chi connectivity index (χ3v) is 4.82. The minimum atomic E-state index is -0.931. The first kappa shape index (κ1) is 16.5. The first-order chi connectivity index (χ1) is 11.5. The SMILES string of the molecule is O=C(O)C1CCCN(C(=O)c2csc(-c3c(F)cccc3F)n2)C1. The number of thiazole rings is 1. The van der Waals surface area contributed by atoms with E-state index >= 15 is 0 Å². The van der Waals surface area contributed by atoms with Crippen LogP contribution < -0.4 is 0 Å². The summed E-state index contributed by atoms with van der Waals surface area (Å²) in [6, 6.07) is 3.51. The predicted molar refractivity (Wildman–Crippen MR) is 83.7 cm³/mol. The lowest BCUT2D eigenvalue weighted by atomic mass is 9.98. The molecule has 1 N–H and O–H groups in total. The molecule has 0 spiro atoms. The summed E-state index contributed by atoms with van der Waals surface area (Å²) >= 11 is 0.975. The predicted octanol–water partition coefficient (Wildman–Crippen LogP) is 3.03. The van der Waals surface area contributed by atoms with E-state index in [-0.39, 0.29) is 22.8 Å². The minimum absolute atomic E-state index is 0.0729. The smallest absolute Gasteiger partial charge is 0.308 e. The van der Waals surface area contributed by atoms with Crippen molar-refractivity contribution in [3.63, 3.8) is 0 Å². The number of hydrogen-bond acceptors (Lipinski definition) is 4. The largest absolute Gasteiger partial charge is 0.481 e. The van der Waals surface area contributed by atoms with Crippen LogP contribution in [0.4, 0.5) is 8.78 Å². The summed E-state index contributed by atoms with van der Waals surface area (Å²) in [4.78, 5) is 29.0. The van der Waals surface area contributed by atoms with Crippen molar-refractivity contribution < 1.29 is 23.5 Å². The van der Waals surface area contributed by atoms with Crippen molar-refractivity contribution in [1.29, 1.82) is 0 Å². The lowest BCUT2D eigenvalue weighted by Gasteiger charge is -2.30. The summed E-state index contributed by atoms with van der Waals surface area (Å²) in [6.45, 7) is 0.568. The van der Waals surface area contributed by atoms with Crippen LogP contribution in [0.5, 0.6) is 0 Å². The van der Waals surface area contributed by atoms with Gasteiger partial charge in [0.2, 0.25) is 0 Å². The molecule has 0 bridgehead atoms. The van der Waals surface area contributed by atoms with E-state index in [2.05, 4.69) is 4.98 Å². The van der Waals surface area contributed by atoms with Gasteiger partial charge in [0.25, 0.3) is 5.91 Å². The second-order valence-corrected chi connectivity index (χ2v) is 6.42. The first-order valence-electron chi connectivity index (χ1n) is 7.39. The Bertz CT molecular complexity index is 773. The van der Waals surface area contributed by atoms with Gasteiger partial charge >= 0.3 is 5.97 Å². The van der Waals surface area contributed by atoms with Gasteiger partial charge in [-0.2, -0.15) is 0 Å². The van der Waals surface area contributed by atoms with Gasteiger partial charge in [0.05, 0.1) is 11.5 Å². The van der Waals surface area contributed by atoms with Crippen LogP contribution in [0.3, 0.4) is 0 Å². The maximum absolute atomic E-state index is 13.8. The number of amides is 1. The van der Waals surface area contributed by atoms with E-state index < -0.39 is 29.4 Å². The Hall–Kier alpha value is -2.35. The zero-order valence-electron chi connectivity index (χ0n) is 12.5. The molecule has 126 valence electrons. The molecule has 2 aromatic rings. The van der Waals surface area contributed by atoms with Gasteiger partial charge in [-0.1, -0.05) is 6.07 Å². The number of halogens is 2. The number of aromatic nitrogens is 1. The van der Waals surface area contributed by atoms with E-state index in [0.29, 0.717) is 19.4 Å². The van der Waals surface area contributed by atoms with Crippen LogP contribution in [-0.4, -0.2) is 40.0 Å². The molecule has 0 aliphatic carbocycles. The second-order valence-electron chi connectivity index (χ2n) is 5.56. The number of carboxylic acids is 1. The normalized spacial score (nSPS) is 17.8. The van der Waals surface area contributed by atoms with E-state index in [1.165, 1.54) is 16.3 Å². The van der Waals surface area contributed by atoms with Crippen LogP contribution in [0.25, 0.3) is 10.6 Å². The maximum atomic E-state index is 13.8. The third kappa shape index (κ3) is 3.14. The van der Waals surface area contributed by atoms with Crippen molar-refractivity contribution in [2.24, 2.45) is 5.92 Å². The molecular formula is C16H14F2N2O3S. The van der Waals surface area contributed by atoms with Crippen LogP contribution in [0.1, 0.15) is 23.3 Å². The highest BCUT2D eigenvalue weighted by Gasteiger charge is 2.30. The quantitative estimate of drug-likeness (QED) is 0.922. The molecule has 1 aliphatic rings. The number of aliphatic carboxylic acids is 1. The Morgan fingerprint density at radius 1 is 1.29 bits per heavy atom. The zero-order chi connectivity index (χ0) is 17.3. The minimum Gasteiger partial charge on any atom is -0.481 e. The third-order valence-electron chi connectivity index (χ3n) is 3.96. The Labute approximate surface area is 140 Å². The van der Waals surface area contributed by atoms with Crippen LogP contribution in [0, 0.1) is 17.6 Å². The van der Waals surface area contributed by atoms with Crippen LogP contribution >= 0.6 is 11.3 Å².